The van der Waals surface area contributed by atoms with Gasteiger partial charge in [-0.25, -0.2) is 4.79 Å². The summed E-state index contributed by atoms with van der Waals surface area (Å²) in [6.45, 7) is 2.38. The molecule has 1 atom stereocenters. The van der Waals surface area contributed by atoms with E-state index in [9.17, 15) is 4.79 Å². The largest absolute Gasteiger partial charge is 0.479 e. The summed E-state index contributed by atoms with van der Waals surface area (Å²) >= 11 is 0. The van der Waals surface area contributed by atoms with Crippen molar-refractivity contribution in [2.45, 2.75) is 19.4 Å². The highest BCUT2D eigenvalue weighted by atomic mass is 16.5. The van der Waals surface area contributed by atoms with Gasteiger partial charge < -0.3 is 14.4 Å². The van der Waals surface area contributed by atoms with Crippen LogP contribution in [-0.4, -0.2) is 30.8 Å². The molecule has 0 radical (unpaired) electrons. The molecule has 1 heterocycles. The Labute approximate surface area is 71.7 Å². The molecule has 4 heteroatoms. The maximum atomic E-state index is 11.2. The fourth-order valence-corrected chi connectivity index (χ4v) is 1.16. The molecule has 1 aliphatic heterocycles. The van der Waals surface area contributed by atoms with E-state index in [0.717, 1.165) is 6.42 Å². The van der Waals surface area contributed by atoms with Gasteiger partial charge in [0.05, 0.1) is 7.11 Å². The summed E-state index contributed by atoms with van der Waals surface area (Å²) in [5.41, 5.74) is 0. The van der Waals surface area contributed by atoms with E-state index in [0.29, 0.717) is 6.73 Å². The number of hydrogen-bond acceptors (Lipinski definition) is 4. The molecule has 0 saturated heterocycles. The Morgan fingerprint density at radius 1 is 1.83 bits per heavy atom. The molecule has 0 aromatic rings. The number of rotatable bonds is 3. The van der Waals surface area contributed by atoms with Crippen LogP contribution in [0.5, 0.6) is 0 Å². The molecule has 12 heavy (non-hydrogen) atoms. The summed E-state index contributed by atoms with van der Waals surface area (Å²) in [7, 11) is 1.39. The van der Waals surface area contributed by atoms with E-state index in [-0.39, 0.29) is 12.0 Å². The lowest BCUT2D eigenvalue weighted by Gasteiger charge is -2.22. The van der Waals surface area contributed by atoms with Crippen molar-refractivity contribution in [1.29, 1.82) is 0 Å². The molecule has 0 N–H and O–H groups in total. The first-order valence-corrected chi connectivity index (χ1v) is 3.91. The third kappa shape index (κ3) is 1.69. The first-order valence-electron chi connectivity index (χ1n) is 3.91. The Kier molecular flexibility index (Phi) is 2.96. The van der Waals surface area contributed by atoms with Crippen LogP contribution < -0.4 is 0 Å². The fraction of sp³-hybridized carbons (Fsp3) is 0.625. The summed E-state index contributed by atoms with van der Waals surface area (Å²) < 4.78 is 9.62. The predicted molar refractivity (Wildman–Crippen MR) is 43.0 cm³/mol. The van der Waals surface area contributed by atoms with Gasteiger partial charge >= 0.3 is 5.97 Å². The van der Waals surface area contributed by atoms with Crippen LogP contribution in [-0.2, 0) is 14.3 Å². The molecule has 4 nitrogen and oxygen atoms in total. The molecule has 1 aliphatic rings. The minimum atomic E-state index is -0.215. The SMILES string of the molecule is CCC(C(=O)OC)N1C=COC1. The molecule has 0 bridgehead atoms. The maximum absolute atomic E-state index is 11.2. The number of methoxy groups -OCH3 is 1. The van der Waals surface area contributed by atoms with Crippen LogP contribution in [0.2, 0.25) is 0 Å². The Morgan fingerprint density at radius 3 is 3.00 bits per heavy atom. The topological polar surface area (TPSA) is 38.8 Å². The Bertz CT molecular complexity index is 191. The Hall–Kier alpha value is -1.19. The smallest absolute Gasteiger partial charge is 0.328 e. The molecule has 0 fully saturated rings. The molecule has 1 unspecified atom stereocenters. The van der Waals surface area contributed by atoms with Crippen molar-refractivity contribution >= 4 is 5.97 Å². The highest BCUT2D eigenvalue weighted by molar-refractivity contribution is 5.75. The minimum Gasteiger partial charge on any atom is -0.479 e. The molecule has 68 valence electrons. The molecule has 0 spiro atoms. The van der Waals surface area contributed by atoms with E-state index in [2.05, 4.69) is 4.74 Å². The van der Waals surface area contributed by atoms with Crippen LogP contribution >= 0.6 is 0 Å². The molecule has 0 saturated carbocycles. The van der Waals surface area contributed by atoms with Crippen molar-refractivity contribution < 1.29 is 14.3 Å². The highest BCUT2D eigenvalue weighted by Crippen LogP contribution is 2.11. The predicted octanol–water partition coefficient (Wildman–Crippen LogP) is 0.699. The van der Waals surface area contributed by atoms with Gasteiger partial charge in [0.2, 0.25) is 0 Å². The van der Waals surface area contributed by atoms with Gasteiger partial charge in [-0.3, -0.25) is 0 Å². The summed E-state index contributed by atoms with van der Waals surface area (Å²) in [4.78, 5) is 13.0. The lowest BCUT2D eigenvalue weighted by Crippen LogP contribution is -2.37. The third-order valence-corrected chi connectivity index (χ3v) is 1.83. The van der Waals surface area contributed by atoms with Gasteiger partial charge in [-0.1, -0.05) is 6.92 Å². The summed E-state index contributed by atoms with van der Waals surface area (Å²) in [6.07, 6.45) is 4.05. The van der Waals surface area contributed by atoms with Crippen LogP contribution in [0.15, 0.2) is 12.5 Å². The van der Waals surface area contributed by atoms with Gasteiger partial charge in [0.15, 0.2) is 6.73 Å². The first-order chi connectivity index (χ1) is 5.79. The highest BCUT2D eigenvalue weighted by Gasteiger charge is 2.24. The molecule has 0 aliphatic carbocycles. The number of hydrogen-bond donors (Lipinski definition) is 0. The zero-order valence-electron chi connectivity index (χ0n) is 7.32. The average Bonchev–Trinajstić information content (AvgIpc) is 2.58. The summed E-state index contributed by atoms with van der Waals surface area (Å²) in [6, 6.07) is -0.214. The van der Waals surface area contributed by atoms with Gasteiger partial charge in [-0.2, -0.15) is 0 Å². The quantitative estimate of drug-likeness (QED) is 0.586. The second-order valence-corrected chi connectivity index (χ2v) is 2.54. The van der Waals surface area contributed by atoms with E-state index >= 15 is 0 Å². The zero-order chi connectivity index (χ0) is 8.97. The van der Waals surface area contributed by atoms with E-state index in [1.165, 1.54) is 7.11 Å². The normalized spacial score (nSPS) is 17.3. The van der Waals surface area contributed by atoms with Crippen LogP contribution in [0.25, 0.3) is 0 Å². The van der Waals surface area contributed by atoms with E-state index in [1.54, 1.807) is 12.5 Å². The molecule has 0 aromatic carbocycles. The first kappa shape index (κ1) is 8.90. The minimum absolute atomic E-state index is 0.214. The summed E-state index contributed by atoms with van der Waals surface area (Å²) in [5.74, 6) is -0.215. The van der Waals surface area contributed by atoms with Crippen LogP contribution in [0.4, 0.5) is 0 Å². The Balaban J connectivity index is 2.54. The van der Waals surface area contributed by atoms with Crippen molar-refractivity contribution in [3.63, 3.8) is 0 Å². The standard InChI is InChI=1S/C8H13NO3/c1-3-7(8(10)11-2)9-4-5-12-6-9/h4-5,7H,3,6H2,1-2H3. The number of ether oxygens (including phenoxy) is 2. The average molecular weight is 171 g/mol. The second-order valence-electron chi connectivity index (χ2n) is 2.54. The van der Waals surface area contributed by atoms with Crippen LogP contribution in [0.3, 0.4) is 0 Å². The van der Waals surface area contributed by atoms with Crippen molar-refractivity contribution in [1.82, 2.24) is 4.90 Å². The van der Waals surface area contributed by atoms with Gasteiger partial charge in [0.1, 0.15) is 12.3 Å². The molecule has 0 amide bonds. The molecular formula is C8H13NO3. The van der Waals surface area contributed by atoms with Crippen molar-refractivity contribution in [2.24, 2.45) is 0 Å². The molecule has 1 rings (SSSR count). The number of nitrogens with zero attached hydrogens (tertiary/aromatic N) is 1. The van der Waals surface area contributed by atoms with E-state index < -0.39 is 0 Å². The molecule has 0 aromatic heterocycles. The van der Waals surface area contributed by atoms with Gasteiger partial charge in [-0.15, -0.1) is 0 Å². The maximum Gasteiger partial charge on any atom is 0.328 e. The fourth-order valence-electron chi connectivity index (χ4n) is 1.16. The number of carbonyl (C=O) groups excluding carboxylic acids is 1. The van der Waals surface area contributed by atoms with E-state index in [4.69, 9.17) is 4.74 Å². The number of carbonyl (C=O) groups is 1. The van der Waals surface area contributed by atoms with Crippen molar-refractivity contribution in [3.8, 4) is 0 Å². The zero-order valence-corrected chi connectivity index (χ0v) is 7.32. The van der Waals surface area contributed by atoms with Crippen LogP contribution in [0, 0.1) is 0 Å². The molecular weight excluding hydrogens is 158 g/mol. The van der Waals surface area contributed by atoms with Crippen molar-refractivity contribution in [2.75, 3.05) is 13.8 Å². The second kappa shape index (κ2) is 3.99. The van der Waals surface area contributed by atoms with E-state index in [1.807, 2.05) is 11.8 Å². The van der Waals surface area contributed by atoms with Gasteiger partial charge in [0, 0.05) is 6.20 Å². The van der Waals surface area contributed by atoms with Crippen molar-refractivity contribution in [3.05, 3.63) is 12.5 Å². The summed E-state index contributed by atoms with van der Waals surface area (Å²) in [5, 5.41) is 0. The Morgan fingerprint density at radius 2 is 2.58 bits per heavy atom. The van der Waals surface area contributed by atoms with Gasteiger partial charge in [0.25, 0.3) is 0 Å². The number of esters is 1. The van der Waals surface area contributed by atoms with Crippen LogP contribution in [0.1, 0.15) is 13.3 Å². The lowest BCUT2D eigenvalue weighted by atomic mass is 10.2. The monoisotopic (exact) mass is 171 g/mol. The third-order valence-electron chi connectivity index (χ3n) is 1.83. The lowest BCUT2D eigenvalue weighted by molar-refractivity contribution is -0.146. The van der Waals surface area contributed by atoms with Gasteiger partial charge in [-0.05, 0) is 6.42 Å².